The van der Waals surface area contributed by atoms with E-state index in [1.54, 1.807) is 29.5 Å². The van der Waals surface area contributed by atoms with Crippen LogP contribution in [-0.4, -0.2) is 29.7 Å². The molecule has 3 rings (SSSR count). The Bertz CT molecular complexity index is 687. The van der Waals surface area contributed by atoms with Gasteiger partial charge in [0.15, 0.2) is 11.5 Å². The van der Waals surface area contributed by atoms with Crippen LogP contribution in [0.5, 0.6) is 0 Å². The molecule has 0 atom stereocenters. The first kappa shape index (κ1) is 9.83. The Labute approximate surface area is 97.4 Å². The summed E-state index contributed by atoms with van der Waals surface area (Å²) < 4.78 is 1.79. The van der Waals surface area contributed by atoms with Crippen molar-refractivity contribution in [1.29, 1.82) is 0 Å². The highest BCUT2D eigenvalue weighted by Crippen LogP contribution is 2.19. The predicted molar refractivity (Wildman–Crippen MR) is 62.1 cm³/mol. The third-order valence-electron chi connectivity index (χ3n) is 2.70. The lowest BCUT2D eigenvalue weighted by molar-refractivity contribution is 0.740. The Morgan fingerprint density at radius 2 is 1.88 bits per heavy atom. The van der Waals surface area contributed by atoms with Crippen LogP contribution in [0.4, 0.5) is 0 Å². The second-order valence-electron chi connectivity index (χ2n) is 3.73. The maximum atomic E-state index is 4.38. The molecular weight excluding hydrogens is 216 g/mol. The van der Waals surface area contributed by atoms with Gasteiger partial charge in [-0.1, -0.05) is 0 Å². The number of aromatic nitrogens is 6. The fraction of sp³-hybridized carbons (Fsp3) is 0.182. The first-order valence-corrected chi connectivity index (χ1v) is 5.18. The van der Waals surface area contributed by atoms with E-state index in [2.05, 4.69) is 25.0 Å². The van der Waals surface area contributed by atoms with Crippen molar-refractivity contribution in [2.45, 2.75) is 6.92 Å². The van der Waals surface area contributed by atoms with Gasteiger partial charge in [0.2, 0.25) is 0 Å². The monoisotopic (exact) mass is 226 g/mol. The van der Waals surface area contributed by atoms with E-state index in [0.717, 1.165) is 11.3 Å². The van der Waals surface area contributed by atoms with Crippen LogP contribution in [0.3, 0.4) is 0 Å². The van der Waals surface area contributed by atoms with Crippen molar-refractivity contribution in [3.05, 3.63) is 30.5 Å². The summed E-state index contributed by atoms with van der Waals surface area (Å²) in [5.74, 6) is 0.628. The molecule has 0 radical (unpaired) electrons. The minimum atomic E-state index is 0.598. The van der Waals surface area contributed by atoms with Crippen LogP contribution in [-0.2, 0) is 7.05 Å². The van der Waals surface area contributed by atoms with Crippen LogP contribution >= 0.6 is 0 Å². The van der Waals surface area contributed by atoms with Gasteiger partial charge in [-0.25, -0.2) is 19.9 Å². The Kier molecular flexibility index (Phi) is 2.07. The van der Waals surface area contributed by atoms with E-state index in [4.69, 9.17) is 0 Å². The van der Waals surface area contributed by atoms with Crippen molar-refractivity contribution in [2.75, 3.05) is 0 Å². The molecule has 3 heterocycles. The molecule has 0 saturated carbocycles. The van der Waals surface area contributed by atoms with E-state index in [0.29, 0.717) is 17.0 Å². The van der Waals surface area contributed by atoms with Gasteiger partial charge in [0.1, 0.15) is 5.52 Å². The van der Waals surface area contributed by atoms with E-state index in [-0.39, 0.29) is 0 Å². The van der Waals surface area contributed by atoms with Crippen molar-refractivity contribution in [2.24, 2.45) is 7.05 Å². The Morgan fingerprint density at radius 3 is 2.65 bits per heavy atom. The molecule has 0 aliphatic carbocycles. The highest BCUT2D eigenvalue weighted by Gasteiger charge is 2.10. The first-order chi connectivity index (χ1) is 8.25. The molecule has 84 valence electrons. The van der Waals surface area contributed by atoms with Gasteiger partial charge in [0, 0.05) is 25.1 Å². The van der Waals surface area contributed by atoms with Gasteiger partial charge < -0.3 is 0 Å². The quantitative estimate of drug-likeness (QED) is 0.622. The minimum Gasteiger partial charge on any atom is -0.272 e. The Hall–Kier alpha value is -2.37. The van der Waals surface area contributed by atoms with Crippen LogP contribution in [0, 0.1) is 6.92 Å². The summed E-state index contributed by atoms with van der Waals surface area (Å²) in [4.78, 5) is 17.0. The van der Waals surface area contributed by atoms with Crippen molar-refractivity contribution >= 4 is 11.2 Å². The number of nitrogens with zero attached hydrogens (tertiary/aromatic N) is 6. The third-order valence-corrected chi connectivity index (χ3v) is 2.70. The average molecular weight is 226 g/mol. The smallest absolute Gasteiger partial charge is 0.181 e. The van der Waals surface area contributed by atoms with Gasteiger partial charge in [-0.15, -0.1) is 0 Å². The molecule has 0 bridgehead atoms. The molecule has 0 spiro atoms. The lowest BCUT2D eigenvalue weighted by atomic mass is 10.2. The maximum Gasteiger partial charge on any atom is 0.181 e. The summed E-state index contributed by atoms with van der Waals surface area (Å²) in [5, 5.41) is 4.17. The molecule has 0 N–H and O–H groups in total. The summed E-state index contributed by atoms with van der Waals surface area (Å²) in [7, 11) is 1.89. The van der Waals surface area contributed by atoms with Gasteiger partial charge in [0.05, 0.1) is 18.0 Å². The molecule has 0 aromatic carbocycles. The molecule has 3 aromatic heterocycles. The summed E-state index contributed by atoms with van der Waals surface area (Å²) in [6.07, 6.45) is 6.68. The van der Waals surface area contributed by atoms with Crippen LogP contribution in [0.25, 0.3) is 22.6 Å². The zero-order valence-corrected chi connectivity index (χ0v) is 9.49. The molecule has 0 aliphatic rings. The molecule has 17 heavy (non-hydrogen) atoms. The second kappa shape index (κ2) is 3.58. The molecule has 3 aromatic rings. The lowest BCUT2D eigenvalue weighted by Crippen LogP contribution is -1.96. The molecule has 6 heteroatoms. The SMILES string of the molecule is Cc1c(-c2ncc3nccnc3n2)cnn1C. The molecule has 6 nitrogen and oxygen atoms in total. The summed E-state index contributed by atoms with van der Waals surface area (Å²) in [5.41, 5.74) is 3.23. The van der Waals surface area contributed by atoms with E-state index in [1.165, 1.54) is 0 Å². The molecule has 0 amide bonds. The van der Waals surface area contributed by atoms with Gasteiger partial charge in [-0.2, -0.15) is 5.10 Å². The van der Waals surface area contributed by atoms with Crippen molar-refractivity contribution in [3.63, 3.8) is 0 Å². The van der Waals surface area contributed by atoms with E-state index in [9.17, 15) is 0 Å². The number of fused-ring (bicyclic) bond motifs is 1. The van der Waals surface area contributed by atoms with Crippen molar-refractivity contribution in [3.8, 4) is 11.4 Å². The minimum absolute atomic E-state index is 0.598. The predicted octanol–water partition coefficient (Wildman–Crippen LogP) is 1.13. The summed E-state index contributed by atoms with van der Waals surface area (Å²) in [6, 6.07) is 0. The highest BCUT2D eigenvalue weighted by molar-refractivity contribution is 5.71. The molecular formula is C11H10N6. The van der Waals surface area contributed by atoms with Crippen LogP contribution in [0.1, 0.15) is 5.69 Å². The van der Waals surface area contributed by atoms with Crippen LogP contribution in [0.15, 0.2) is 24.8 Å². The topological polar surface area (TPSA) is 69.4 Å². The van der Waals surface area contributed by atoms with Crippen LogP contribution in [0.2, 0.25) is 0 Å². The molecule has 0 unspecified atom stereocenters. The Balaban J connectivity index is 2.21. The number of rotatable bonds is 1. The molecule has 0 saturated heterocycles. The van der Waals surface area contributed by atoms with Gasteiger partial charge in [-0.05, 0) is 6.92 Å². The van der Waals surface area contributed by atoms with E-state index in [1.807, 2.05) is 14.0 Å². The normalized spacial score (nSPS) is 10.9. The fourth-order valence-electron chi connectivity index (χ4n) is 1.62. The third kappa shape index (κ3) is 1.54. The largest absolute Gasteiger partial charge is 0.272 e. The van der Waals surface area contributed by atoms with Gasteiger partial charge in [-0.3, -0.25) is 4.68 Å². The lowest BCUT2D eigenvalue weighted by Gasteiger charge is -2.00. The fourth-order valence-corrected chi connectivity index (χ4v) is 1.62. The van der Waals surface area contributed by atoms with Gasteiger partial charge in [0.25, 0.3) is 0 Å². The highest BCUT2D eigenvalue weighted by atomic mass is 15.3. The van der Waals surface area contributed by atoms with Crippen LogP contribution < -0.4 is 0 Å². The maximum absolute atomic E-state index is 4.38. The van der Waals surface area contributed by atoms with Gasteiger partial charge >= 0.3 is 0 Å². The first-order valence-electron chi connectivity index (χ1n) is 5.18. The molecule has 0 fully saturated rings. The second-order valence-corrected chi connectivity index (χ2v) is 3.73. The van der Waals surface area contributed by atoms with Crippen molar-refractivity contribution < 1.29 is 0 Å². The number of hydrogen-bond acceptors (Lipinski definition) is 5. The number of aryl methyl sites for hydroxylation is 1. The Morgan fingerprint density at radius 1 is 1.06 bits per heavy atom. The molecule has 0 aliphatic heterocycles. The standard InChI is InChI=1S/C11H10N6/c1-7-8(5-15-17(7)2)10-14-6-9-11(16-10)13-4-3-12-9/h3-6H,1-2H3. The summed E-state index contributed by atoms with van der Waals surface area (Å²) in [6.45, 7) is 1.98. The zero-order valence-electron chi connectivity index (χ0n) is 9.49. The van der Waals surface area contributed by atoms with E-state index >= 15 is 0 Å². The average Bonchev–Trinajstić information content (AvgIpc) is 2.70. The van der Waals surface area contributed by atoms with E-state index < -0.39 is 0 Å². The number of hydrogen-bond donors (Lipinski definition) is 0. The zero-order chi connectivity index (χ0) is 11.8. The van der Waals surface area contributed by atoms with Crippen molar-refractivity contribution in [1.82, 2.24) is 29.7 Å². The summed E-state index contributed by atoms with van der Waals surface area (Å²) >= 11 is 0.